The van der Waals surface area contributed by atoms with Crippen LogP contribution in [0.2, 0.25) is 0 Å². The maximum absolute atomic E-state index is 12.4. The van der Waals surface area contributed by atoms with Gasteiger partial charge in [-0.2, -0.15) is 0 Å². The molecule has 10 nitrogen and oxygen atoms in total. The summed E-state index contributed by atoms with van der Waals surface area (Å²) in [5, 5.41) is 8.85. The van der Waals surface area contributed by atoms with Crippen molar-refractivity contribution in [2.24, 2.45) is 0 Å². The van der Waals surface area contributed by atoms with E-state index in [0.717, 1.165) is 6.26 Å². The van der Waals surface area contributed by atoms with Crippen molar-refractivity contribution in [1.29, 1.82) is 0 Å². The molecule has 11 heteroatoms. The van der Waals surface area contributed by atoms with Crippen LogP contribution in [-0.2, 0) is 21.2 Å². The first-order valence-corrected chi connectivity index (χ1v) is 10.3. The van der Waals surface area contributed by atoms with Gasteiger partial charge in [0.15, 0.2) is 14.6 Å². The Morgan fingerprint density at radius 1 is 1.32 bits per heavy atom. The first-order chi connectivity index (χ1) is 13.1. The minimum atomic E-state index is -3.83. The summed E-state index contributed by atoms with van der Waals surface area (Å²) in [6.45, 7) is 3.42. The molecule has 0 aliphatic heterocycles. The maximum Gasteiger partial charge on any atom is 0.316 e. The SMILES string of the molecule is CCOc1ncc(-c2ccn(CC[C@](C)(C(=O)NO)S(C)(=O)=O)c(=O)c2)cn1. The van der Waals surface area contributed by atoms with Crippen LogP contribution in [0, 0.1) is 0 Å². The number of rotatable bonds is 8. The molecule has 1 amide bonds. The highest BCUT2D eigenvalue weighted by molar-refractivity contribution is 7.92. The molecule has 0 aliphatic rings. The molecule has 2 aromatic rings. The Bertz CT molecular complexity index is 1000. The Labute approximate surface area is 162 Å². The highest BCUT2D eigenvalue weighted by Crippen LogP contribution is 2.22. The number of aromatic nitrogens is 3. The van der Waals surface area contributed by atoms with Gasteiger partial charge < -0.3 is 9.30 Å². The molecule has 0 unspecified atom stereocenters. The van der Waals surface area contributed by atoms with Crippen LogP contribution in [0.25, 0.3) is 11.1 Å². The van der Waals surface area contributed by atoms with Gasteiger partial charge in [0.1, 0.15) is 0 Å². The summed E-state index contributed by atoms with van der Waals surface area (Å²) in [7, 11) is -3.83. The smallest absolute Gasteiger partial charge is 0.316 e. The molecule has 2 rings (SSSR count). The van der Waals surface area contributed by atoms with Crippen molar-refractivity contribution in [3.05, 3.63) is 41.1 Å². The Morgan fingerprint density at radius 3 is 2.46 bits per heavy atom. The fraction of sp³-hybridized carbons (Fsp3) is 0.412. The van der Waals surface area contributed by atoms with Crippen molar-refractivity contribution >= 4 is 15.7 Å². The number of hydrogen-bond donors (Lipinski definition) is 2. The van der Waals surface area contributed by atoms with Crippen LogP contribution < -0.4 is 15.8 Å². The molecule has 0 aliphatic carbocycles. The number of carbonyl (C=O) groups is 1. The largest absolute Gasteiger partial charge is 0.464 e. The van der Waals surface area contributed by atoms with E-state index >= 15 is 0 Å². The van der Waals surface area contributed by atoms with E-state index in [1.807, 2.05) is 6.92 Å². The Kier molecular flexibility index (Phi) is 6.52. The predicted octanol–water partition coefficient (Wildman–Crippen LogP) is 0.403. The number of hydroxylamine groups is 1. The molecule has 0 bridgehead atoms. The topological polar surface area (TPSA) is 140 Å². The lowest BCUT2D eigenvalue weighted by atomic mass is 10.1. The standard InChI is InChI=1S/C17H22N4O6S/c1-4-27-16-18-10-13(11-19-16)12-5-7-21(14(22)9-12)8-6-17(2,15(23)20-24)28(3,25)26/h5,7,9-11,24H,4,6,8H2,1-3H3,(H,20,23)/t17-/m1/s1. The Balaban J connectivity index is 2.22. The molecular formula is C17H22N4O6S. The third kappa shape index (κ3) is 4.54. The molecule has 0 radical (unpaired) electrons. The molecule has 0 spiro atoms. The van der Waals surface area contributed by atoms with E-state index in [-0.39, 0.29) is 24.5 Å². The van der Waals surface area contributed by atoms with E-state index in [9.17, 15) is 18.0 Å². The second-order valence-corrected chi connectivity index (χ2v) is 8.77. The number of hydrogen-bond acceptors (Lipinski definition) is 8. The van der Waals surface area contributed by atoms with Gasteiger partial charge >= 0.3 is 6.01 Å². The van der Waals surface area contributed by atoms with Crippen molar-refractivity contribution in [2.75, 3.05) is 12.9 Å². The molecule has 0 fully saturated rings. The van der Waals surface area contributed by atoms with Crippen LogP contribution in [-0.4, -0.2) is 51.7 Å². The van der Waals surface area contributed by atoms with Gasteiger partial charge in [-0.05, 0) is 31.9 Å². The number of carbonyl (C=O) groups excluding carboxylic acids is 1. The van der Waals surface area contributed by atoms with E-state index in [0.29, 0.717) is 17.7 Å². The number of ether oxygens (including phenoxy) is 1. The summed E-state index contributed by atoms with van der Waals surface area (Å²) in [4.78, 5) is 32.3. The van der Waals surface area contributed by atoms with Crippen LogP contribution >= 0.6 is 0 Å². The molecule has 2 N–H and O–H groups in total. The van der Waals surface area contributed by atoms with Gasteiger partial charge in [0.05, 0.1) is 6.61 Å². The van der Waals surface area contributed by atoms with Gasteiger partial charge in [-0.25, -0.2) is 23.9 Å². The number of amides is 1. The summed E-state index contributed by atoms with van der Waals surface area (Å²) >= 11 is 0. The number of nitrogens with one attached hydrogen (secondary N) is 1. The highest BCUT2D eigenvalue weighted by Gasteiger charge is 2.43. The van der Waals surface area contributed by atoms with Gasteiger partial charge in [-0.1, -0.05) is 0 Å². The summed E-state index contributed by atoms with van der Waals surface area (Å²) < 4.78 is 28.6. The van der Waals surface area contributed by atoms with Gasteiger partial charge in [-0.15, -0.1) is 0 Å². The lowest BCUT2D eigenvalue weighted by molar-refractivity contribution is -0.131. The van der Waals surface area contributed by atoms with Crippen molar-refractivity contribution in [1.82, 2.24) is 20.0 Å². The summed E-state index contributed by atoms with van der Waals surface area (Å²) in [5.74, 6) is -1.05. The molecular weight excluding hydrogens is 388 g/mol. The summed E-state index contributed by atoms with van der Waals surface area (Å²) in [6, 6.07) is 3.26. The van der Waals surface area contributed by atoms with Crippen molar-refractivity contribution in [3.63, 3.8) is 0 Å². The third-order valence-corrected chi connectivity index (χ3v) is 6.49. The van der Waals surface area contributed by atoms with Gasteiger partial charge in [0.25, 0.3) is 11.5 Å². The number of pyridine rings is 1. The normalized spacial score (nSPS) is 13.6. The molecule has 1 atom stereocenters. The lowest BCUT2D eigenvalue weighted by Crippen LogP contribution is -2.49. The Morgan fingerprint density at radius 2 is 1.96 bits per heavy atom. The fourth-order valence-corrected chi connectivity index (χ4v) is 3.30. The number of nitrogens with zero attached hydrogens (tertiary/aromatic N) is 3. The molecule has 0 aromatic carbocycles. The van der Waals surface area contributed by atoms with E-state index in [1.165, 1.54) is 41.6 Å². The second kappa shape index (κ2) is 8.48. The van der Waals surface area contributed by atoms with Gasteiger partial charge in [0, 0.05) is 43.0 Å². The quantitative estimate of drug-likeness (QED) is 0.471. The van der Waals surface area contributed by atoms with Crippen LogP contribution in [0.4, 0.5) is 0 Å². The minimum absolute atomic E-state index is 0.0319. The third-order valence-electron chi connectivity index (χ3n) is 4.46. The molecule has 2 heterocycles. The zero-order valence-electron chi connectivity index (χ0n) is 15.7. The number of aryl methyl sites for hydroxylation is 1. The fourth-order valence-electron chi connectivity index (χ4n) is 2.46. The second-order valence-electron chi connectivity index (χ2n) is 6.33. The van der Waals surface area contributed by atoms with E-state index in [1.54, 1.807) is 6.07 Å². The Hall–Kier alpha value is -2.79. The minimum Gasteiger partial charge on any atom is -0.464 e. The van der Waals surface area contributed by atoms with E-state index < -0.39 is 20.5 Å². The average Bonchev–Trinajstić information content (AvgIpc) is 2.66. The first-order valence-electron chi connectivity index (χ1n) is 8.42. The monoisotopic (exact) mass is 410 g/mol. The lowest BCUT2D eigenvalue weighted by Gasteiger charge is -2.25. The van der Waals surface area contributed by atoms with Gasteiger partial charge in [0.2, 0.25) is 0 Å². The molecule has 152 valence electrons. The van der Waals surface area contributed by atoms with Gasteiger partial charge in [-0.3, -0.25) is 14.8 Å². The van der Waals surface area contributed by atoms with Crippen LogP contribution in [0.3, 0.4) is 0 Å². The zero-order valence-corrected chi connectivity index (χ0v) is 16.6. The zero-order chi connectivity index (χ0) is 20.9. The van der Waals surface area contributed by atoms with Crippen molar-refractivity contribution < 1.29 is 23.2 Å². The van der Waals surface area contributed by atoms with Crippen LogP contribution in [0.5, 0.6) is 6.01 Å². The van der Waals surface area contributed by atoms with E-state index in [2.05, 4.69) is 9.97 Å². The van der Waals surface area contributed by atoms with Crippen LogP contribution in [0.1, 0.15) is 20.3 Å². The van der Waals surface area contributed by atoms with E-state index in [4.69, 9.17) is 9.94 Å². The predicted molar refractivity (Wildman–Crippen MR) is 101 cm³/mol. The molecule has 28 heavy (non-hydrogen) atoms. The van der Waals surface area contributed by atoms with Crippen molar-refractivity contribution in [3.8, 4) is 17.1 Å². The summed E-state index contributed by atoms with van der Waals surface area (Å²) in [5.41, 5.74) is 2.20. The first kappa shape index (κ1) is 21.5. The van der Waals surface area contributed by atoms with Crippen molar-refractivity contribution in [2.45, 2.75) is 31.6 Å². The summed E-state index contributed by atoms with van der Waals surface area (Å²) in [6.07, 6.45) is 5.27. The number of sulfone groups is 1. The molecule has 0 saturated heterocycles. The molecule has 0 saturated carbocycles. The van der Waals surface area contributed by atoms with Crippen LogP contribution in [0.15, 0.2) is 35.5 Å². The average molecular weight is 410 g/mol. The molecule has 2 aromatic heterocycles. The maximum atomic E-state index is 12.4. The highest BCUT2D eigenvalue weighted by atomic mass is 32.2.